The number of imide groups is 1. The van der Waals surface area contributed by atoms with Crippen LogP contribution in [0.5, 0.6) is 0 Å². The van der Waals surface area contributed by atoms with Gasteiger partial charge in [0.2, 0.25) is 0 Å². The van der Waals surface area contributed by atoms with Crippen LogP contribution in [0.2, 0.25) is 0 Å². The molecule has 0 unspecified atom stereocenters. The molecule has 3 rings (SSSR count). The standard InChI is InChI=1S/C18H19FN2O4S/c1-10(16(22)21-18(24)20-11-5-2-3-6-11)25-17(23)15-9-12-13(19)7-4-8-14(12)26-15/h4,7-11H,2-3,5-6H2,1H3,(H2,20,21,22,24)/t10-/m0/s1. The SMILES string of the molecule is C[C@H](OC(=O)c1cc2c(F)cccc2s1)C(=O)NC(=O)NC1CCCC1. The van der Waals surface area contributed by atoms with Gasteiger partial charge in [0.25, 0.3) is 5.91 Å². The highest BCUT2D eigenvalue weighted by Gasteiger charge is 2.24. The van der Waals surface area contributed by atoms with Crippen molar-refractivity contribution >= 4 is 39.3 Å². The normalized spacial score (nSPS) is 15.6. The highest BCUT2D eigenvalue weighted by atomic mass is 32.1. The van der Waals surface area contributed by atoms with Gasteiger partial charge in [0.15, 0.2) is 6.10 Å². The first-order chi connectivity index (χ1) is 12.4. The van der Waals surface area contributed by atoms with Gasteiger partial charge in [-0.2, -0.15) is 0 Å². The Morgan fingerprint density at radius 2 is 2.00 bits per heavy atom. The first-order valence-electron chi connectivity index (χ1n) is 8.44. The highest BCUT2D eigenvalue weighted by Crippen LogP contribution is 2.28. The third-order valence-electron chi connectivity index (χ3n) is 4.29. The fraction of sp³-hybridized carbons (Fsp3) is 0.389. The van der Waals surface area contributed by atoms with Crippen molar-refractivity contribution in [3.8, 4) is 0 Å². The van der Waals surface area contributed by atoms with Crippen LogP contribution in [0.3, 0.4) is 0 Å². The van der Waals surface area contributed by atoms with Crippen molar-refractivity contribution in [1.29, 1.82) is 0 Å². The third kappa shape index (κ3) is 4.19. The van der Waals surface area contributed by atoms with Crippen LogP contribution in [0.4, 0.5) is 9.18 Å². The number of thiophene rings is 1. The molecule has 1 aromatic heterocycles. The maximum atomic E-state index is 13.7. The molecule has 1 aromatic carbocycles. The Kier molecular flexibility index (Phi) is 5.51. The number of amides is 3. The molecule has 3 amide bonds. The fourth-order valence-electron chi connectivity index (χ4n) is 2.90. The molecule has 8 heteroatoms. The second kappa shape index (κ2) is 7.82. The third-order valence-corrected chi connectivity index (χ3v) is 5.37. The largest absolute Gasteiger partial charge is 0.448 e. The van der Waals surface area contributed by atoms with E-state index in [4.69, 9.17) is 4.74 Å². The summed E-state index contributed by atoms with van der Waals surface area (Å²) in [6.07, 6.45) is 2.76. The zero-order chi connectivity index (χ0) is 18.7. The monoisotopic (exact) mass is 378 g/mol. The van der Waals surface area contributed by atoms with Crippen molar-refractivity contribution in [1.82, 2.24) is 10.6 Å². The number of nitrogens with one attached hydrogen (secondary N) is 2. The number of carbonyl (C=O) groups excluding carboxylic acids is 3. The van der Waals surface area contributed by atoms with Crippen LogP contribution >= 0.6 is 11.3 Å². The van der Waals surface area contributed by atoms with Crippen molar-refractivity contribution in [2.75, 3.05) is 0 Å². The van der Waals surface area contributed by atoms with E-state index in [1.807, 2.05) is 0 Å². The van der Waals surface area contributed by atoms with Crippen molar-refractivity contribution in [3.05, 3.63) is 35.0 Å². The summed E-state index contributed by atoms with van der Waals surface area (Å²) in [5, 5.41) is 5.23. The molecule has 1 aliphatic rings. The zero-order valence-corrected chi connectivity index (χ0v) is 15.0. The minimum atomic E-state index is -1.15. The average molecular weight is 378 g/mol. The van der Waals surface area contributed by atoms with E-state index in [2.05, 4.69) is 10.6 Å². The molecule has 2 aromatic rings. The van der Waals surface area contributed by atoms with Gasteiger partial charge >= 0.3 is 12.0 Å². The van der Waals surface area contributed by atoms with Crippen LogP contribution in [0, 0.1) is 5.82 Å². The van der Waals surface area contributed by atoms with Gasteiger partial charge in [-0.05, 0) is 38.0 Å². The Bertz CT molecular complexity index is 845. The van der Waals surface area contributed by atoms with Gasteiger partial charge in [-0.3, -0.25) is 10.1 Å². The molecule has 0 saturated heterocycles. The topological polar surface area (TPSA) is 84.5 Å². The smallest absolute Gasteiger partial charge is 0.349 e. The molecule has 1 saturated carbocycles. The van der Waals surface area contributed by atoms with Gasteiger partial charge in [-0.15, -0.1) is 11.3 Å². The Hall–Kier alpha value is -2.48. The predicted octanol–water partition coefficient (Wildman–Crippen LogP) is 3.35. The molecule has 0 radical (unpaired) electrons. The van der Waals surface area contributed by atoms with Gasteiger partial charge in [0.1, 0.15) is 10.7 Å². The van der Waals surface area contributed by atoms with Gasteiger partial charge in [0, 0.05) is 16.1 Å². The van der Waals surface area contributed by atoms with E-state index in [0.29, 0.717) is 10.1 Å². The fourth-order valence-corrected chi connectivity index (χ4v) is 3.86. The minimum Gasteiger partial charge on any atom is -0.448 e. The van der Waals surface area contributed by atoms with Gasteiger partial charge < -0.3 is 10.1 Å². The molecule has 26 heavy (non-hydrogen) atoms. The number of hydrogen-bond donors (Lipinski definition) is 2. The van der Waals surface area contributed by atoms with Crippen molar-refractivity contribution in [3.63, 3.8) is 0 Å². The highest BCUT2D eigenvalue weighted by molar-refractivity contribution is 7.20. The van der Waals surface area contributed by atoms with E-state index < -0.39 is 29.8 Å². The van der Waals surface area contributed by atoms with E-state index in [-0.39, 0.29) is 10.9 Å². The maximum Gasteiger partial charge on any atom is 0.349 e. The summed E-state index contributed by atoms with van der Waals surface area (Å²) in [7, 11) is 0. The lowest BCUT2D eigenvalue weighted by atomic mass is 10.2. The number of benzene rings is 1. The van der Waals surface area contributed by atoms with E-state index in [0.717, 1.165) is 37.0 Å². The van der Waals surface area contributed by atoms with Crippen LogP contribution in [-0.2, 0) is 9.53 Å². The summed E-state index contributed by atoms with van der Waals surface area (Å²) in [6, 6.07) is 5.45. The number of esters is 1. The molecule has 0 spiro atoms. The second-order valence-corrected chi connectivity index (χ2v) is 7.34. The Balaban J connectivity index is 1.56. The first kappa shape index (κ1) is 18.3. The second-order valence-electron chi connectivity index (χ2n) is 6.25. The Labute approximate surface area is 153 Å². The van der Waals surface area contributed by atoms with Crippen LogP contribution in [0.15, 0.2) is 24.3 Å². The van der Waals surface area contributed by atoms with E-state index in [1.54, 1.807) is 12.1 Å². The molecule has 2 N–H and O–H groups in total. The minimum absolute atomic E-state index is 0.0779. The van der Waals surface area contributed by atoms with Crippen LogP contribution in [-0.4, -0.2) is 30.1 Å². The molecule has 1 aliphatic carbocycles. The van der Waals surface area contributed by atoms with Crippen molar-refractivity contribution in [2.45, 2.75) is 44.8 Å². The number of halogens is 1. The Morgan fingerprint density at radius 3 is 2.69 bits per heavy atom. The van der Waals surface area contributed by atoms with Gasteiger partial charge in [0.05, 0.1) is 0 Å². The average Bonchev–Trinajstić information content (AvgIpc) is 3.24. The van der Waals surface area contributed by atoms with E-state index in [1.165, 1.54) is 19.1 Å². The number of carbonyl (C=O) groups is 3. The molecule has 138 valence electrons. The molecule has 0 aliphatic heterocycles. The van der Waals surface area contributed by atoms with Crippen LogP contribution < -0.4 is 10.6 Å². The summed E-state index contributed by atoms with van der Waals surface area (Å²) in [5.41, 5.74) is 0. The number of ether oxygens (including phenoxy) is 1. The molecule has 1 heterocycles. The van der Waals surface area contributed by atoms with Crippen LogP contribution in [0.25, 0.3) is 10.1 Å². The number of rotatable bonds is 4. The lowest BCUT2D eigenvalue weighted by Gasteiger charge is -2.15. The summed E-state index contributed by atoms with van der Waals surface area (Å²) in [4.78, 5) is 36.2. The van der Waals surface area contributed by atoms with Gasteiger partial charge in [-0.1, -0.05) is 18.9 Å². The summed E-state index contributed by atoms with van der Waals surface area (Å²) in [6.45, 7) is 1.38. The number of urea groups is 1. The van der Waals surface area contributed by atoms with Crippen molar-refractivity contribution < 1.29 is 23.5 Å². The van der Waals surface area contributed by atoms with Gasteiger partial charge in [-0.25, -0.2) is 14.0 Å². The molecule has 0 bridgehead atoms. The molecule has 1 atom stereocenters. The predicted molar refractivity (Wildman–Crippen MR) is 95.6 cm³/mol. The zero-order valence-electron chi connectivity index (χ0n) is 14.2. The molecule has 6 nitrogen and oxygen atoms in total. The number of hydrogen-bond acceptors (Lipinski definition) is 5. The first-order valence-corrected chi connectivity index (χ1v) is 9.26. The maximum absolute atomic E-state index is 13.7. The van der Waals surface area contributed by atoms with E-state index in [9.17, 15) is 18.8 Å². The molecular weight excluding hydrogens is 359 g/mol. The van der Waals surface area contributed by atoms with E-state index >= 15 is 0 Å². The summed E-state index contributed by atoms with van der Waals surface area (Å²) >= 11 is 1.08. The quantitative estimate of drug-likeness (QED) is 0.799. The van der Waals surface area contributed by atoms with Crippen LogP contribution in [0.1, 0.15) is 42.3 Å². The molecule has 1 fully saturated rings. The Morgan fingerprint density at radius 1 is 1.27 bits per heavy atom. The lowest BCUT2D eigenvalue weighted by molar-refractivity contribution is -0.127. The summed E-state index contributed by atoms with van der Waals surface area (Å²) < 4.78 is 19.4. The molecular formula is C18H19FN2O4S. The number of fused-ring (bicyclic) bond motifs is 1. The lowest BCUT2D eigenvalue weighted by Crippen LogP contribution is -2.47. The summed E-state index contributed by atoms with van der Waals surface area (Å²) in [5.74, 6) is -1.86. The van der Waals surface area contributed by atoms with Crippen molar-refractivity contribution in [2.24, 2.45) is 0 Å².